The summed E-state index contributed by atoms with van der Waals surface area (Å²) in [4.78, 5) is 30.4. The third-order valence-electron chi connectivity index (χ3n) is 7.81. The topological polar surface area (TPSA) is 67.8 Å². The maximum Gasteiger partial charge on any atom is 0.254 e. The highest BCUT2D eigenvalue weighted by Crippen LogP contribution is 2.40. The van der Waals surface area contributed by atoms with Crippen LogP contribution in [0.15, 0.2) is 48.5 Å². The molecule has 2 aromatic heterocycles. The molecule has 3 aliphatic rings. The molecule has 1 saturated heterocycles. The lowest BCUT2D eigenvalue weighted by atomic mass is 9.96. The number of fused-ring (bicyclic) bond motifs is 4. The number of ether oxygens (including phenoxy) is 2. The predicted molar refractivity (Wildman–Crippen MR) is 149 cm³/mol. The van der Waals surface area contributed by atoms with Crippen LogP contribution < -0.4 is 14.4 Å². The van der Waals surface area contributed by atoms with Crippen LogP contribution in [-0.2, 0) is 25.7 Å². The average Bonchev–Trinajstić information content (AvgIpc) is 3.60. The lowest BCUT2D eigenvalue weighted by Crippen LogP contribution is -2.49. The molecule has 2 aromatic carbocycles. The van der Waals surface area contributed by atoms with Gasteiger partial charge in [0.05, 0.1) is 5.39 Å². The number of hydrogen-bond donors (Lipinski definition) is 0. The summed E-state index contributed by atoms with van der Waals surface area (Å²) < 4.78 is 10.9. The first-order chi connectivity index (χ1) is 18.7. The van der Waals surface area contributed by atoms with E-state index in [4.69, 9.17) is 19.4 Å². The number of aromatic nitrogens is 2. The van der Waals surface area contributed by atoms with Gasteiger partial charge in [0.25, 0.3) is 5.91 Å². The number of aryl methyl sites for hydroxylation is 4. The molecule has 38 heavy (non-hydrogen) atoms. The molecule has 0 saturated carbocycles. The molecule has 7 rings (SSSR count). The van der Waals surface area contributed by atoms with Crippen LogP contribution in [0, 0.1) is 0 Å². The van der Waals surface area contributed by atoms with Crippen LogP contribution in [0.2, 0.25) is 0 Å². The molecule has 0 N–H and O–H groups in total. The predicted octanol–water partition coefficient (Wildman–Crippen LogP) is 5.05. The number of amides is 1. The van der Waals surface area contributed by atoms with Crippen LogP contribution in [0.3, 0.4) is 0 Å². The quantitative estimate of drug-likeness (QED) is 0.363. The standard InChI is InChI=1S/C30H30N4O3S/c35-30(21-11-12-23-24(18-21)37-19-36-23)34-16-14-33(15-17-34)28-27-22-8-4-5-9-25(22)38-29(27)32-26(31-28)13-10-20-6-2-1-3-7-20/h1-3,6-7,11-12,18H,4-5,8-10,13-17,19H2. The molecule has 1 amide bonds. The minimum absolute atomic E-state index is 0.0345. The number of nitrogens with zero attached hydrogens (tertiary/aromatic N) is 4. The minimum Gasteiger partial charge on any atom is -0.454 e. The molecule has 8 heteroatoms. The summed E-state index contributed by atoms with van der Waals surface area (Å²) in [6.45, 7) is 3.03. The smallest absolute Gasteiger partial charge is 0.254 e. The molecular weight excluding hydrogens is 496 g/mol. The number of benzene rings is 2. The van der Waals surface area contributed by atoms with E-state index < -0.39 is 0 Å². The first-order valence-corrected chi connectivity index (χ1v) is 14.3. The van der Waals surface area contributed by atoms with Crippen LogP contribution in [0.4, 0.5) is 5.82 Å². The van der Waals surface area contributed by atoms with E-state index in [1.807, 2.05) is 28.4 Å². The second-order valence-corrected chi connectivity index (χ2v) is 11.3. The summed E-state index contributed by atoms with van der Waals surface area (Å²) in [5.41, 5.74) is 3.40. The van der Waals surface area contributed by atoms with Gasteiger partial charge in [-0.15, -0.1) is 11.3 Å². The Kier molecular flexibility index (Phi) is 6.12. The highest BCUT2D eigenvalue weighted by molar-refractivity contribution is 7.19. The highest BCUT2D eigenvalue weighted by Gasteiger charge is 2.28. The van der Waals surface area contributed by atoms with E-state index in [0.29, 0.717) is 30.2 Å². The zero-order chi connectivity index (χ0) is 25.5. The summed E-state index contributed by atoms with van der Waals surface area (Å²) >= 11 is 1.86. The number of anilines is 1. The molecule has 194 valence electrons. The number of rotatable bonds is 5. The Bertz CT molecular complexity index is 1490. The summed E-state index contributed by atoms with van der Waals surface area (Å²) in [5, 5.41) is 1.25. The normalized spacial score (nSPS) is 16.6. The zero-order valence-electron chi connectivity index (χ0n) is 21.3. The number of carbonyl (C=O) groups excluding carboxylic acids is 1. The Hall–Kier alpha value is -3.65. The summed E-state index contributed by atoms with van der Waals surface area (Å²) in [6.07, 6.45) is 6.48. The van der Waals surface area contributed by atoms with Gasteiger partial charge < -0.3 is 19.3 Å². The van der Waals surface area contributed by atoms with E-state index in [0.717, 1.165) is 55.2 Å². The molecule has 2 aliphatic heterocycles. The van der Waals surface area contributed by atoms with Gasteiger partial charge in [-0.3, -0.25) is 4.79 Å². The van der Waals surface area contributed by atoms with Crippen molar-refractivity contribution in [2.45, 2.75) is 38.5 Å². The minimum atomic E-state index is 0.0345. The number of piperazine rings is 1. The van der Waals surface area contributed by atoms with Crippen molar-refractivity contribution in [2.75, 3.05) is 37.9 Å². The maximum atomic E-state index is 13.3. The van der Waals surface area contributed by atoms with Crippen LogP contribution in [0.1, 0.15) is 45.0 Å². The van der Waals surface area contributed by atoms with E-state index in [1.54, 1.807) is 6.07 Å². The van der Waals surface area contributed by atoms with Crippen LogP contribution in [0.25, 0.3) is 10.2 Å². The summed E-state index contributed by atoms with van der Waals surface area (Å²) in [6, 6.07) is 16.0. The van der Waals surface area contributed by atoms with Gasteiger partial charge >= 0.3 is 0 Å². The van der Waals surface area contributed by atoms with Crippen LogP contribution >= 0.6 is 11.3 Å². The van der Waals surface area contributed by atoms with Gasteiger partial charge in [-0.05, 0) is 61.4 Å². The molecule has 0 spiro atoms. The molecule has 4 heterocycles. The Morgan fingerprint density at radius 3 is 2.58 bits per heavy atom. The van der Waals surface area contributed by atoms with Gasteiger partial charge in [0.2, 0.25) is 6.79 Å². The molecule has 4 aromatic rings. The Labute approximate surface area is 226 Å². The molecule has 1 fully saturated rings. The molecule has 0 atom stereocenters. The number of carbonyl (C=O) groups is 1. The molecule has 0 radical (unpaired) electrons. The van der Waals surface area contributed by atoms with Gasteiger partial charge in [-0.25, -0.2) is 9.97 Å². The Morgan fingerprint density at radius 2 is 1.71 bits per heavy atom. The summed E-state index contributed by atoms with van der Waals surface area (Å²) in [5.74, 6) is 3.35. The first kappa shape index (κ1) is 23.5. The van der Waals surface area contributed by atoms with Crippen molar-refractivity contribution in [2.24, 2.45) is 0 Å². The van der Waals surface area contributed by atoms with Crippen molar-refractivity contribution in [3.63, 3.8) is 0 Å². The second-order valence-electron chi connectivity index (χ2n) is 10.2. The van der Waals surface area contributed by atoms with Gasteiger partial charge in [0, 0.05) is 43.0 Å². The van der Waals surface area contributed by atoms with E-state index in [-0.39, 0.29) is 12.7 Å². The average molecular weight is 527 g/mol. The van der Waals surface area contributed by atoms with E-state index >= 15 is 0 Å². The van der Waals surface area contributed by atoms with Crippen LogP contribution in [-0.4, -0.2) is 53.7 Å². The third-order valence-corrected chi connectivity index (χ3v) is 8.99. The second kappa shape index (κ2) is 9.91. The monoisotopic (exact) mass is 526 g/mol. The molecule has 0 bridgehead atoms. The molecular formula is C30H30N4O3S. The van der Waals surface area contributed by atoms with Gasteiger partial charge in [0.1, 0.15) is 16.5 Å². The Morgan fingerprint density at radius 1 is 0.895 bits per heavy atom. The number of hydrogen-bond acceptors (Lipinski definition) is 7. The first-order valence-electron chi connectivity index (χ1n) is 13.5. The van der Waals surface area contributed by atoms with Crippen molar-refractivity contribution in [1.82, 2.24) is 14.9 Å². The van der Waals surface area contributed by atoms with Crippen molar-refractivity contribution >= 4 is 33.3 Å². The number of thiophene rings is 1. The lowest BCUT2D eigenvalue weighted by molar-refractivity contribution is 0.0746. The van der Waals surface area contributed by atoms with Crippen LogP contribution in [0.5, 0.6) is 11.5 Å². The van der Waals surface area contributed by atoms with Gasteiger partial charge in [0.15, 0.2) is 11.5 Å². The fraction of sp³-hybridized carbons (Fsp3) is 0.367. The van der Waals surface area contributed by atoms with Crippen molar-refractivity contribution in [1.29, 1.82) is 0 Å². The third kappa shape index (κ3) is 4.36. The maximum absolute atomic E-state index is 13.3. The van der Waals surface area contributed by atoms with E-state index in [9.17, 15) is 4.79 Å². The fourth-order valence-corrected chi connectivity index (χ4v) is 7.03. The Balaban J connectivity index is 1.14. The van der Waals surface area contributed by atoms with E-state index in [2.05, 4.69) is 35.2 Å². The molecule has 1 aliphatic carbocycles. The van der Waals surface area contributed by atoms with Crippen molar-refractivity contribution in [3.8, 4) is 11.5 Å². The fourth-order valence-electron chi connectivity index (χ4n) is 5.76. The molecule has 0 unspecified atom stereocenters. The molecule has 7 nitrogen and oxygen atoms in total. The van der Waals surface area contributed by atoms with Crippen molar-refractivity contribution < 1.29 is 14.3 Å². The van der Waals surface area contributed by atoms with E-state index in [1.165, 1.54) is 34.2 Å². The van der Waals surface area contributed by atoms with Gasteiger partial charge in [-0.1, -0.05) is 30.3 Å². The zero-order valence-corrected chi connectivity index (χ0v) is 22.1. The SMILES string of the molecule is O=C(c1ccc2c(c1)OCO2)N1CCN(c2nc(CCc3ccccc3)nc3sc4c(c23)CCCC4)CC1. The largest absolute Gasteiger partial charge is 0.454 e. The summed E-state index contributed by atoms with van der Waals surface area (Å²) in [7, 11) is 0. The highest BCUT2D eigenvalue weighted by atomic mass is 32.1. The van der Waals surface area contributed by atoms with Gasteiger partial charge in [-0.2, -0.15) is 0 Å². The lowest BCUT2D eigenvalue weighted by Gasteiger charge is -2.36. The van der Waals surface area contributed by atoms with Crippen molar-refractivity contribution in [3.05, 3.63) is 75.9 Å².